The molecule has 1 aliphatic rings. The van der Waals surface area contributed by atoms with Crippen LogP contribution in [-0.4, -0.2) is 106 Å². The summed E-state index contributed by atoms with van der Waals surface area (Å²) in [4.78, 5) is 76.4. The summed E-state index contributed by atoms with van der Waals surface area (Å²) in [6.07, 6.45) is -0.126. The fraction of sp³-hybridized carbons (Fsp3) is 0.500. The van der Waals surface area contributed by atoms with Crippen LogP contribution in [-0.2, 0) is 14.4 Å². The highest BCUT2D eigenvalue weighted by Gasteiger charge is 2.26. The Hall–Kier alpha value is -5.05. The Labute approximate surface area is 234 Å². The third-order valence-electron chi connectivity index (χ3n) is 6.18. The number of carboxylic acids is 3. The molecule has 1 heterocycles. The van der Waals surface area contributed by atoms with Gasteiger partial charge in [0.25, 0.3) is 5.91 Å². The second-order valence-electron chi connectivity index (χ2n) is 9.08. The van der Waals surface area contributed by atoms with E-state index in [-0.39, 0.29) is 31.3 Å². The normalized spacial score (nSPS) is 14.1. The van der Waals surface area contributed by atoms with E-state index in [0.29, 0.717) is 50.3 Å². The van der Waals surface area contributed by atoms with E-state index < -0.39 is 42.4 Å². The van der Waals surface area contributed by atoms with Gasteiger partial charge in [0.1, 0.15) is 12.1 Å². The molecule has 6 N–H and O–H groups in total. The number of carbonyl (C=O) groups excluding carboxylic acids is 3. The minimum Gasteiger partial charge on any atom is -0.481 e. The molecule has 0 radical (unpaired) electrons. The summed E-state index contributed by atoms with van der Waals surface area (Å²) in [7, 11) is 0. The van der Waals surface area contributed by atoms with Crippen molar-refractivity contribution < 1.29 is 44.1 Å². The maximum absolute atomic E-state index is 12.7. The lowest BCUT2D eigenvalue weighted by Gasteiger charge is -2.34. The molecule has 5 amide bonds. The van der Waals surface area contributed by atoms with E-state index in [9.17, 15) is 33.9 Å². The van der Waals surface area contributed by atoms with Crippen LogP contribution in [0.15, 0.2) is 29.4 Å². The van der Waals surface area contributed by atoms with Crippen molar-refractivity contribution in [3.05, 3.63) is 40.3 Å². The lowest BCUT2D eigenvalue weighted by Crippen LogP contribution is -2.53. The predicted molar refractivity (Wildman–Crippen MR) is 141 cm³/mol. The van der Waals surface area contributed by atoms with E-state index >= 15 is 0 Å². The molecular formula is C24H32N8O9. The van der Waals surface area contributed by atoms with Crippen molar-refractivity contribution in [3.8, 4) is 0 Å². The number of aliphatic carboxylic acids is 3. The maximum Gasteiger partial charge on any atom is 0.326 e. The Bertz CT molecular complexity index is 1160. The minimum absolute atomic E-state index is 0.0100. The lowest BCUT2D eigenvalue weighted by molar-refractivity contribution is -0.140. The summed E-state index contributed by atoms with van der Waals surface area (Å²) in [5, 5.41) is 37.6. The highest BCUT2D eigenvalue weighted by molar-refractivity contribution is 5.94. The van der Waals surface area contributed by atoms with Gasteiger partial charge in [-0.2, -0.15) is 0 Å². The van der Waals surface area contributed by atoms with Gasteiger partial charge in [-0.3, -0.25) is 9.59 Å². The van der Waals surface area contributed by atoms with Crippen molar-refractivity contribution in [2.45, 2.75) is 44.2 Å². The average molecular weight is 577 g/mol. The van der Waals surface area contributed by atoms with Crippen molar-refractivity contribution >= 4 is 41.6 Å². The number of hydrogen-bond acceptors (Lipinski definition) is 7. The number of rotatable bonds is 14. The molecule has 1 aromatic rings. The number of unbranched alkanes of at least 4 members (excludes halogenated alkanes) is 1. The molecule has 1 saturated heterocycles. The number of urea groups is 2. The van der Waals surface area contributed by atoms with Crippen LogP contribution in [0.3, 0.4) is 0 Å². The van der Waals surface area contributed by atoms with Crippen LogP contribution < -0.4 is 16.0 Å². The molecule has 1 fully saturated rings. The first-order valence-electron chi connectivity index (χ1n) is 12.7. The van der Waals surface area contributed by atoms with Gasteiger partial charge in [-0.05, 0) is 43.3 Å². The monoisotopic (exact) mass is 576 g/mol. The van der Waals surface area contributed by atoms with Gasteiger partial charge >= 0.3 is 30.0 Å². The number of benzene rings is 1. The molecular weight excluding hydrogens is 544 g/mol. The van der Waals surface area contributed by atoms with E-state index in [2.05, 4.69) is 26.0 Å². The third-order valence-corrected chi connectivity index (χ3v) is 6.18. The smallest absolute Gasteiger partial charge is 0.326 e. The first-order valence-corrected chi connectivity index (χ1v) is 12.7. The molecule has 0 aromatic heterocycles. The highest BCUT2D eigenvalue weighted by Crippen LogP contribution is 2.15. The Morgan fingerprint density at radius 2 is 1.41 bits per heavy atom. The SMILES string of the molecule is [N-]=[N+]=Nc1ccc(C(=O)N2CCN(C(=O)NCCCC[C@H](NC(=O)NC(CCC(=O)O)C(=O)O)C(=O)O)CC2)cc1. The van der Waals surface area contributed by atoms with Gasteiger partial charge < -0.3 is 41.1 Å². The van der Waals surface area contributed by atoms with Crippen molar-refractivity contribution in [1.82, 2.24) is 25.8 Å². The topological polar surface area (TPSA) is 254 Å². The van der Waals surface area contributed by atoms with Crippen LogP contribution in [0.4, 0.5) is 15.3 Å². The summed E-state index contributed by atoms with van der Waals surface area (Å²) >= 11 is 0. The standard InChI is InChI=1S/C24H32N8O9/c25-30-29-16-6-4-15(5-7-16)20(35)31-11-13-32(14-12-31)24(41)26-10-2-1-3-17(21(36)37)27-23(40)28-18(22(38)39)8-9-19(33)34/h4-7,17-18H,1-3,8-14H2,(H,26,41)(H,33,34)(H,36,37)(H,38,39)(H2,27,28,40)/t17-,18?/m0/s1. The Kier molecular flexibility index (Phi) is 12.7. The van der Waals surface area contributed by atoms with E-state index in [1.165, 1.54) is 0 Å². The number of piperazine rings is 1. The van der Waals surface area contributed by atoms with Gasteiger partial charge in [0.05, 0.1) is 0 Å². The van der Waals surface area contributed by atoms with E-state index in [1.54, 1.807) is 34.1 Å². The molecule has 1 unspecified atom stereocenters. The van der Waals surface area contributed by atoms with Crippen molar-refractivity contribution in [2.75, 3.05) is 32.7 Å². The number of amides is 5. The van der Waals surface area contributed by atoms with Gasteiger partial charge in [0.2, 0.25) is 0 Å². The fourth-order valence-corrected chi connectivity index (χ4v) is 3.94. The van der Waals surface area contributed by atoms with Crippen molar-refractivity contribution in [2.24, 2.45) is 5.11 Å². The van der Waals surface area contributed by atoms with E-state index in [4.69, 9.17) is 15.7 Å². The first kappa shape index (κ1) is 32.2. The largest absolute Gasteiger partial charge is 0.481 e. The highest BCUT2D eigenvalue weighted by atomic mass is 16.4. The van der Waals surface area contributed by atoms with Gasteiger partial charge in [0.15, 0.2) is 0 Å². The summed E-state index contributed by atoms with van der Waals surface area (Å²) in [5.74, 6) is -4.22. The zero-order valence-corrected chi connectivity index (χ0v) is 22.1. The number of nitrogens with one attached hydrogen (secondary N) is 3. The number of carboxylic acid groups (broad SMARTS) is 3. The molecule has 41 heavy (non-hydrogen) atoms. The number of azide groups is 1. The average Bonchev–Trinajstić information content (AvgIpc) is 2.94. The predicted octanol–water partition coefficient (Wildman–Crippen LogP) is 1.34. The van der Waals surface area contributed by atoms with Crippen molar-refractivity contribution in [3.63, 3.8) is 0 Å². The number of hydrogen-bond donors (Lipinski definition) is 6. The molecule has 0 bridgehead atoms. The second-order valence-corrected chi connectivity index (χ2v) is 9.08. The Balaban J connectivity index is 1.70. The van der Waals surface area contributed by atoms with Crippen LogP contribution in [0, 0.1) is 0 Å². The maximum atomic E-state index is 12.7. The zero-order chi connectivity index (χ0) is 30.4. The second kappa shape index (κ2) is 16.1. The molecule has 0 spiro atoms. The van der Waals surface area contributed by atoms with E-state index in [0.717, 1.165) is 0 Å². The quantitative estimate of drug-likeness (QED) is 0.0807. The number of nitrogens with zero attached hydrogens (tertiary/aromatic N) is 5. The third kappa shape index (κ3) is 10.9. The molecule has 1 aromatic carbocycles. The molecule has 17 nitrogen and oxygen atoms in total. The lowest BCUT2D eigenvalue weighted by atomic mass is 10.1. The summed E-state index contributed by atoms with van der Waals surface area (Å²) in [6, 6.07) is 2.03. The molecule has 17 heteroatoms. The molecule has 0 saturated carbocycles. The molecule has 2 atom stereocenters. The molecule has 1 aliphatic heterocycles. The van der Waals surface area contributed by atoms with Crippen molar-refractivity contribution in [1.29, 1.82) is 0 Å². The Morgan fingerprint density at radius 3 is 1.95 bits per heavy atom. The van der Waals surface area contributed by atoms with Crippen LogP contribution in [0.2, 0.25) is 0 Å². The van der Waals surface area contributed by atoms with Crippen LogP contribution in [0.25, 0.3) is 10.4 Å². The van der Waals surface area contributed by atoms with Gasteiger partial charge in [-0.15, -0.1) is 0 Å². The zero-order valence-electron chi connectivity index (χ0n) is 22.1. The summed E-state index contributed by atoms with van der Waals surface area (Å²) in [5.41, 5.74) is 9.30. The Morgan fingerprint density at radius 1 is 0.854 bits per heavy atom. The van der Waals surface area contributed by atoms with Gasteiger partial charge in [-0.1, -0.05) is 17.2 Å². The number of carbonyl (C=O) groups is 6. The van der Waals surface area contributed by atoms with Crippen LogP contribution in [0.5, 0.6) is 0 Å². The molecule has 0 aliphatic carbocycles. The van der Waals surface area contributed by atoms with Crippen LogP contribution >= 0.6 is 0 Å². The van der Waals surface area contributed by atoms with Crippen LogP contribution in [0.1, 0.15) is 42.5 Å². The van der Waals surface area contributed by atoms with Gasteiger partial charge in [-0.25, -0.2) is 19.2 Å². The van der Waals surface area contributed by atoms with Gasteiger partial charge in [0, 0.05) is 55.3 Å². The molecule has 222 valence electrons. The fourth-order valence-electron chi connectivity index (χ4n) is 3.94. The summed E-state index contributed by atoms with van der Waals surface area (Å²) < 4.78 is 0. The summed E-state index contributed by atoms with van der Waals surface area (Å²) in [6.45, 7) is 1.54. The first-order chi connectivity index (χ1) is 19.5. The molecule has 2 rings (SSSR count). The van der Waals surface area contributed by atoms with E-state index in [1.807, 2.05) is 0 Å². The minimum atomic E-state index is -1.49.